The Labute approximate surface area is 60.2 Å². The summed E-state index contributed by atoms with van der Waals surface area (Å²) in [6.45, 7) is 2.12. The van der Waals surface area contributed by atoms with Gasteiger partial charge < -0.3 is 16.4 Å². The summed E-state index contributed by atoms with van der Waals surface area (Å²) in [5.41, 5.74) is 5.59. The van der Waals surface area contributed by atoms with Gasteiger partial charge in [-0.3, -0.25) is 4.79 Å². The highest BCUT2D eigenvalue weighted by atomic mass is 16.1. The molecule has 1 aliphatic rings. The van der Waals surface area contributed by atoms with E-state index in [9.17, 15) is 4.79 Å². The lowest BCUT2D eigenvalue weighted by Gasteiger charge is -2.16. The predicted molar refractivity (Wildman–Crippen MR) is 38.5 cm³/mol. The van der Waals surface area contributed by atoms with Crippen LogP contribution in [0.2, 0.25) is 0 Å². The molecule has 0 saturated carbocycles. The second-order valence-corrected chi connectivity index (χ2v) is 2.52. The summed E-state index contributed by atoms with van der Waals surface area (Å²) in [7, 11) is 0. The number of carbonyl (C=O) groups is 1. The Bertz CT molecular complexity index is 126. The molecular formula is C6H13N3O. The second-order valence-electron chi connectivity index (χ2n) is 2.52. The first-order valence-electron chi connectivity index (χ1n) is 3.52. The van der Waals surface area contributed by atoms with E-state index in [-0.39, 0.29) is 11.9 Å². The molecular weight excluding hydrogens is 130 g/mol. The molecule has 0 bridgehead atoms. The van der Waals surface area contributed by atoms with Gasteiger partial charge in [-0.2, -0.15) is 0 Å². The predicted octanol–water partition coefficient (Wildman–Crippen LogP) is -1.58. The fraction of sp³-hybridized carbons (Fsp3) is 0.833. The van der Waals surface area contributed by atoms with Crippen LogP contribution in [0, 0.1) is 0 Å². The van der Waals surface area contributed by atoms with Crippen LogP contribution in [0.1, 0.15) is 6.42 Å². The minimum atomic E-state index is 0.0595. The molecule has 0 aromatic rings. The quantitative estimate of drug-likeness (QED) is 0.383. The maximum atomic E-state index is 10.8. The van der Waals surface area contributed by atoms with Crippen LogP contribution in [0.25, 0.3) is 0 Å². The number of hydrogen-bond acceptors (Lipinski definition) is 3. The summed E-state index contributed by atoms with van der Waals surface area (Å²) < 4.78 is 0. The van der Waals surface area contributed by atoms with E-state index in [4.69, 9.17) is 5.73 Å². The van der Waals surface area contributed by atoms with E-state index in [1.165, 1.54) is 0 Å². The summed E-state index contributed by atoms with van der Waals surface area (Å²) in [5, 5.41) is 5.81. The van der Waals surface area contributed by atoms with Gasteiger partial charge in [0.05, 0.1) is 0 Å². The highest BCUT2D eigenvalue weighted by molar-refractivity contribution is 5.76. The Morgan fingerprint density at radius 1 is 1.50 bits per heavy atom. The lowest BCUT2D eigenvalue weighted by Crippen LogP contribution is -2.47. The second kappa shape index (κ2) is 3.53. The van der Waals surface area contributed by atoms with Crippen molar-refractivity contribution < 1.29 is 4.79 Å². The number of hydrogen-bond donors (Lipinski definition) is 3. The normalized spacial score (nSPS) is 28.5. The smallest absolute Gasteiger partial charge is 0.221 e. The third kappa shape index (κ3) is 2.33. The summed E-state index contributed by atoms with van der Waals surface area (Å²) in [6, 6.07) is 0.0595. The topological polar surface area (TPSA) is 67.1 Å². The molecule has 4 nitrogen and oxygen atoms in total. The third-order valence-corrected chi connectivity index (χ3v) is 1.50. The van der Waals surface area contributed by atoms with Crippen LogP contribution in [0.3, 0.4) is 0 Å². The summed E-state index contributed by atoms with van der Waals surface area (Å²) in [5.74, 6) is 0.0858. The van der Waals surface area contributed by atoms with Gasteiger partial charge in [0.25, 0.3) is 0 Å². The van der Waals surface area contributed by atoms with Gasteiger partial charge in [-0.05, 0) is 0 Å². The highest BCUT2D eigenvalue weighted by Crippen LogP contribution is 1.83. The zero-order valence-corrected chi connectivity index (χ0v) is 5.89. The molecule has 58 valence electrons. The van der Waals surface area contributed by atoms with E-state index >= 15 is 0 Å². The molecule has 1 saturated heterocycles. The molecule has 1 atom stereocenters. The van der Waals surface area contributed by atoms with E-state index in [1.807, 2.05) is 0 Å². The first kappa shape index (κ1) is 7.50. The van der Waals surface area contributed by atoms with Gasteiger partial charge >= 0.3 is 0 Å². The number of carbonyl (C=O) groups excluding carboxylic acids is 1. The van der Waals surface area contributed by atoms with E-state index in [1.54, 1.807) is 0 Å². The fourth-order valence-corrected chi connectivity index (χ4v) is 0.895. The molecule has 1 rings (SSSR count). The largest absolute Gasteiger partial charge is 0.354 e. The molecule has 0 aliphatic carbocycles. The van der Waals surface area contributed by atoms with Crippen molar-refractivity contribution in [3.8, 4) is 0 Å². The Hall–Kier alpha value is -0.610. The van der Waals surface area contributed by atoms with Crippen molar-refractivity contribution >= 4 is 5.91 Å². The SMILES string of the molecule is NC1CNCCC(=O)NC1. The van der Waals surface area contributed by atoms with Crippen molar-refractivity contribution in [1.29, 1.82) is 0 Å². The fourth-order valence-electron chi connectivity index (χ4n) is 0.895. The van der Waals surface area contributed by atoms with Crippen LogP contribution >= 0.6 is 0 Å². The lowest BCUT2D eigenvalue weighted by atomic mass is 10.2. The Kier molecular flexibility index (Phi) is 2.65. The minimum absolute atomic E-state index is 0.0595. The van der Waals surface area contributed by atoms with Crippen LogP contribution < -0.4 is 16.4 Å². The van der Waals surface area contributed by atoms with Gasteiger partial charge in [-0.15, -0.1) is 0 Å². The summed E-state index contributed by atoms with van der Waals surface area (Å²) >= 11 is 0. The van der Waals surface area contributed by atoms with Gasteiger partial charge in [-0.25, -0.2) is 0 Å². The van der Waals surface area contributed by atoms with E-state index in [2.05, 4.69) is 10.6 Å². The summed E-state index contributed by atoms with van der Waals surface area (Å²) in [4.78, 5) is 10.8. The lowest BCUT2D eigenvalue weighted by molar-refractivity contribution is -0.121. The van der Waals surface area contributed by atoms with Crippen molar-refractivity contribution in [1.82, 2.24) is 10.6 Å². The molecule has 0 aromatic carbocycles. The third-order valence-electron chi connectivity index (χ3n) is 1.50. The van der Waals surface area contributed by atoms with Gasteiger partial charge in [-0.1, -0.05) is 0 Å². The molecule has 0 aromatic heterocycles. The van der Waals surface area contributed by atoms with Crippen LogP contribution in [0.5, 0.6) is 0 Å². The van der Waals surface area contributed by atoms with Crippen molar-refractivity contribution in [3.63, 3.8) is 0 Å². The first-order chi connectivity index (χ1) is 4.79. The Morgan fingerprint density at radius 2 is 2.30 bits per heavy atom. The molecule has 1 unspecified atom stereocenters. The van der Waals surface area contributed by atoms with Gasteiger partial charge in [0.1, 0.15) is 0 Å². The van der Waals surface area contributed by atoms with Crippen LogP contribution in [0.15, 0.2) is 0 Å². The Balaban J connectivity index is 2.29. The number of rotatable bonds is 0. The minimum Gasteiger partial charge on any atom is -0.354 e. The first-order valence-corrected chi connectivity index (χ1v) is 3.52. The standard InChI is InChI=1S/C6H13N3O/c7-5-3-8-2-1-6(10)9-4-5/h5,8H,1-4,7H2,(H,9,10). The molecule has 0 radical (unpaired) electrons. The highest BCUT2D eigenvalue weighted by Gasteiger charge is 2.08. The van der Waals surface area contributed by atoms with Crippen molar-refractivity contribution in [2.45, 2.75) is 12.5 Å². The van der Waals surface area contributed by atoms with E-state index in [0.29, 0.717) is 13.0 Å². The molecule has 0 spiro atoms. The van der Waals surface area contributed by atoms with Crippen molar-refractivity contribution in [3.05, 3.63) is 0 Å². The van der Waals surface area contributed by atoms with Crippen LogP contribution in [-0.4, -0.2) is 31.6 Å². The molecule has 4 heteroatoms. The van der Waals surface area contributed by atoms with Gasteiger partial charge in [0, 0.05) is 32.1 Å². The average Bonchev–Trinajstić information content (AvgIpc) is 1.90. The van der Waals surface area contributed by atoms with Crippen molar-refractivity contribution in [2.24, 2.45) is 5.73 Å². The molecule has 1 amide bonds. The van der Waals surface area contributed by atoms with E-state index < -0.39 is 0 Å². The van der Waals surface area contributed by atoms with Crippen molar-refractivity contribution in [2.75, 3.05) is 19.6 Å². The maximum Gasteiger partial charge on any atom is 0.221 e. The molecule has 1 aliphatic heterocycles. The number of amides is 1. The maximum absolute atomic E-state index is 10.8. The van der Waals surface area contributed by atoms with Crippen LogP contribution in [0.4, 0.5) is 0 Å². The Morgan fingerprint density at radius 3 is 3.10 bits per heavy atom. The van der Waals surface area contributed by atoms with Gasteiger partial charge in [0.15, 0.2) is 0 Å². The van der Waals surface area contributed by atoms with Crippen LogP contribution in [-0.2, 0) is 4.79 Å². The zero-order chi connectivity index (χ0) is 7.40. The van der Waals surface area contributed by atoms with E-state index in [0.717, 1.165) is 13.1 Å². The average molecular weight is 143 g/mol. The monoisotopic (exact) mass is 143 g/mol. The molecule has 10 heavy (non-hydrogen) atoms. The number of nitrogens with two attached hydrogens (primary N) is 1. The zero-order valence-electron chi connectivity index (χ0n) is 5.89. The summed E-state index contributed by atoms with van der Waals surface area (Å²) in [6.07, 6.45) is 0.562. The molecule has 1 fully saturated rings. The molecule has 4 N–H and O–H groups in total. The number of nitrogens with one attached hydrogen (secondary N) is 2. The molecule has 1 heterocycles. The van der Waals surface area contributed by atoms with Gasteiger partial charge in [0.2, 0.25) is 5.91 Å².